The SMILES string of the molecule is Cc1cc(N2CCCC2)ccc1NC(=O)c1cc(C2CC2)nc2c1cnn2C(C)C. The topological polar surface area (TPSA) is 63.1 Å². The van der Waals surface area contributed by atoms with Crippen molar-refractivity contribution in [3.63, 3.8) is 0 Å². The number of amides is 1. The van der Waals surface area contributed by atoms with Crippen molar-refractivity contribution in [2.75, 3.05) is 23.3 Å². The molecule has 3 aromatic rings. The van der Waals surface area contributed by atoms with Gasteiger partial charge in [0.05, 0.1) is 17.1 Å². The summed E-state index contributed by atoms with van der Waals surface area (Å²) in [5.41, 5.74) is 5.66. The van der Waals surface area contributed by atoms with Crippen molar-refractivity contribution >= 4 is 28.3 Å². The highest BCUT2D eigenvalue weighted by atomic mass is 16.1. The highest BCUT2D eigenvalue weighted by Crippen LogP contribution is 2.40. The van der Waals surface area contributed by atoms with Gasteiger partial charge in [0.15, 0.2) is 5.65 Å². The molecule has 5 rings (SSSR count). The molecule has 2 aliphatic rings. The van der Waals surface area contributed by atoms with Crippen LogP contribution in [0.5, 0.6) is 0 Å². The molecular weight excluding hydrogens is 374 g/mol. The van der Waals surface area contributed by atoms with Crippen molar-refractivity contribution in [3.8, 4) is 0 Å². The number of carbonyl (C=O) groups is 1. The Labute approximate surface area is 177 Å². The molecule has 1 amide bonds. The molecule has 6 heteroatoms. The fraction of sp³-hybridized carbons (Fsp3) is 0.458. The van der Waals surface area contributed by atoms with Crippen LogP contribution in [0.4, 0.5) is 11.4 Å². The first-order chi connectivity index (χ1) is 14.5. The molecular formula is C24H29N5O. The van der Waals surface area contributed by atoms with E-state index in [2.05, 4.69) is 48.2 Å². The number of anilines is 2. The molecule has 1 saturated carbocycles. The second-order valence-corrected chi connectivity index (χ2v) is 8.94. The summed E-state index contributed by atoms with van der Waals surface area (Å²) < 4.78 is 1.91. The van der Waals surface area contributed by atoms with Crippen molar-refractivity contribution in [1.29, 1.82) is 0 Å². The number of nitrogens with zero attached hydrogens (tertiary/aromatic N) is 4. The lowest BCUT2D eigenvalue weighted by Crippen LogP contribution is -2.18. The van der Waals surface area contributed by atoms with Crippen LogP contribution < -0.4 is 10.2 Å². The standard InChI is InChI=1S/C24H29N5O/c1-15(2)29-23-20(14-25-29)19(13-22(26-23)17-6-7-17)24(30)27-21-9-8-18(12-16(21)3)28-10-4-5-11-28/h8-9,12-15,17H,4-7,10-11H2,1-3H3,(H,27,30). The van der Waals surface area contributed by atoms with Gasteiger partial charge in [-0.15, -0.1) is 0 Å². The predicted octanol–water partition coefficient (Wildman–Crippen LogP) is 5.05. The summed E-state index contributed by atoms with van der Waals surface area (Å²) in [7, 11) is 0. The third kappa shape index (κ3) is 3.44. The Morgan fingerprint density at radius 3 is 2.60 bits per heavy atom. The van der Waals surface area contributed by atoms with E-state index in [-0.39, 0.29) is 11.9 Å². The fourth-order valence-electron chi connectivity index (χ4n) is 4.34. The molecule has 6 nitrogen and oxygen atoms in total. The van der Waals surface area contributed by atoms with Gasteiger partial charge in [-0.25, -0.2) is 9.67 Å². The van der Waals surface area contributed by atoms with Crippen LogP contribution in [0.2, 0.25) is 0 Å². The van der Waals surface area contributed by atoms with Gasteiger partial charge in [-0.05, 0) is 76.3 Å². The van der Waals surface area contributed by atoms with E-state index in [4.69, 9.17) is 4.98 Å². The Morgan fingerprint density at radius 1 is 1.17 bits per heavy atom. The number of hydrogen-bond acceptors (Lipinski definition) is 4. The van der Waals surface area contributed by atoms with E-state index < -0.39 is 0 Å². The molecule has 0 atom stereocenters. The van der Waals surface area contributed by atoms with Gasteiger partial charge in [-0.3, -0.25) is 4.79 Å². The van der Waals surface area contributed by atoms with Crippen LogP contribution >= 0.6 is 0 Å². The van der Waals surface area contributed by atoms with E-state index in [1.807, 2.05) is 16.8 Å². The van der Waals surface area contributed by atoms with Crippen LogP contribution in [0.25, 0.3) is 11.0 Å². The minimum atomic E-state index is -0.0929. The number of hydrogen-bond donors (Lipinski definition) is 1. The smallest absolute Gasteiger partial charge is 0.256 e. The van der Waals surface area contributed by atoms with Crippen LogP contribution in [-0.4, -0.2) is 33.8 Å². The number of pyridine rings is 1. The number of fused-ring (bicyclic) bond motifs is 1. The van der Waals surface area contributed by atoms with Crippen LogP contribution in [-0.2, 0) is 0 Å². The molecule has 0 radical (unpaired) electrons. The lowest BCUT2D eigenvalue weighted by Gasteiger charge is -2.19. The van der Waals surface area contributed by atoms with Crippen LogP contribution in [0.1, 0.15) is 73.1 Å². The fourth-order valence-corrected chi connectivity index (χ4v) is 4.34. The Morgan fingerprint density at radius 2 is 1.93 bits per heavy atom. The molecule has 1 saturated heterocycles. The summed E-state index contributed by atoms with van der Waals surface area (Å²) in [5.74, 6) is 0.377. The molecule has 30 heavy (non-hydrogen) atoms. The van der Waals surface area contributed by atoms with Crippen LogP contribution in [0.15, 0.2) is 30.5 Å². The molecule has 2 fully saturated rings. The second kappa shape index (κ2) is 7.42. The first-order valence-corrected chi connectivity index (χ1v) is 11.1. The molecule has 3 heterocycles. The van der Waals surface area contributed by atoms with Crippen molar-refractivity contribution in [3.05, 3.63) is 47.3 Å². The summed E-state index contributed by atoms with van der Waals surface area (Å²) in [6.07, 6.45) is 6.57. The summed E-state index contributed by atoms with van der Waals surface area (Å²) in [4.78, 5) is 20.6. The quantitative estimate of drug-likeness (QED) is 0.647. The molecule has 1 N–H and O–H groups in total. The average molecular weight is 404 g/mol. The molecule has 1 aliphatic heterocycles. The highest BCUT2D eigenvalue weighted by Gasteiger charge is 2.28. The number of benzene rings is 1. The summed E-state index contributed by atoms with van der Waals surface area (Å²) in [6, 6.07) is 8.48. The molecule has 2 aromatic heterocycles. The monoisotopic (exact) mass is 403 g/mol. The lowest BCUT2D eigenvalue weighted by molar-refractivity contribution is 0.102. The van der Waals surface area contributed by atoms with Gasteiger partial charge in [-0.1, -0.05) is 0 Å². The Hall–Kier alpha value is -2.89. The zero-order valence-corrected chi connectivity index (χ0v) is 18.0. The minimum Gasteiger partial charge on any atom is -0.372 e. The van der Waals surface area contributed by atoms with Gasteiger partial charge >= 0.3 is 0 Å². The van der Waals surface area contributed by atoms with E-state index in [1.165, 1.54) is 18.5 Å². The first kappa shape index (κ1) is 19.1. The number of nitrogens with one attached hydrogen (secondary N) is 1. The minimum absolute atomic E-state index is 0.0929. The molecule has 156 valence electrons. The second-order valence-electron chi connectivity index (χ2n) is 8.94. The van der Waals surface area contributed by atoms with Crippen molar-refractivity contribution in [2.45, 2.75) is 58.4 Å². The van der Waals surface area contributed by atoms with Crippen molar-refractivity contribution < 1.29 is 4.79 Å². The average Bonchev–Trinajstić information content (AvgIpc) is 3.25. The van der Waals surface area contributed by atoms with Gasteiger partial charge in [-0.2, -0.15) is 5.10 Å². The highest BCUT2D eigenvalue weighted by molar-refractivity contribution is 6.12. The lowest BCUT2D eigenvalue weighted by atomic mass is 10.1. The number of aromatic nitrogens is 3. The normalized spacial score (nSPS) is 16.6. The van der Waals surface area contributed by atoms with E-state index in [1.54, 1.807) is 6.20 Å². The van der Waals surface area contributed by atoms with Gasteiger partial charge in [0.25, 0.3) is 5.91 Å². The number of aryl methyl sites for hydroxylation is 1. The zero-order chi connectivity index (χ0) is 20.8. The van der Waals surface area contributed by atoms with E-state index >= 15 is 0 Å². The largest absolute Gasteiger partial charge is 0.372 e. The summed E-state index contributed by atoms with van der Waals surface area (Å²) in [6.45, 7) is 8.46. The third-order valence-electron chi connectivity index (χ3n) is 6.25. The van der Waals surface area contributed by atoms with Crippen LogP contribution in [0.3, 0.4) is 0 Å². The van der Waals surface area contributed by atoms with Crippen molar-refractivity contribution in [2.24, 2.45) is 0 Å². The Kier molecular flexibility index (Phi) is 4.72. The van der Waals surface area contributed by atoms with Crippen LogP contribution in [0, 0.1) is 6.92 Å². The van der Waals surface area contributed by atoms with Gasteiger partial charge in [0.2, 0.25) is 0 Å². The first-order valence-electron chi connectivity index (χ1n) is 11.1. The number of rotatable bonds is 5. The maximum absolute atomic E-state index is 13.3. The number of carbonyl (C=O) groups excluding carboxylic acids is 1. The molecule has 0 unspecified atom stereocenters. The van der Waals surface area contributed by atoms with E-state index in [9.17, 15) is 4.79 Å². The van der Waals surface area contributed by atoms with E-state index in [0.29, 0.717) is 11.5 Å². The molecule has 1 aromatic carbocycles. The predicted molar refractivity (Wildman–Crippen MR) is 120 cm³/mol. The summed E-state index contributed by atoms with van der Waals surface area (Å²) in [5, 5.41) is 8.46. The molecule has 0 spiro atoms. The van der Waals surface area contributed by atoms with Crippen molar-refractivity contribution in [1.82, 2.24) is 14.8 Å². The molecule has 0 bridgehead atoms. The van der Waals surface area contributed by atoms with Gasteiger partial charge in [0.1, 0.15) is 0 Å². The summed E-state index contributed by atoms with van der Waals surface area (Å²) >= 11 is 0. The van der Waals surface area contributed by atoms with Gasteiger partial charge < -0.3 is 10.2 Å². The maximum atomic E-state index is 13.3. The van der Waals surface area contributed by atoms with Gasteiger partial charge in [0, 0.05) is 42.1 Å². The maximum Gasteiger partial charge on any atom is 0.256 e. The zero-order valence-electron chi connectivity index (χ0n) is 18.0. The third-order valence-corrected chi connectivity index (χ3v) is 6.25. The van der Waals surface area contributed by atoms with E-state index in [0.717, 1.165) is 53.9 Å². The molecule has 1 aliphatic carbocycles. The Balaban J connectivity index is 1.47. The Bertz CT molecular complexity index is 1110.